The van der Waals surface area contributed by atoms with Gasteiger partial charge in [-0.15, -0.1) is 11.6 Å². The molecule has 2 unspecified atom stereocenters. The molecule has 1 aromatic heterocycles. The van der Waals surface area contributed by atoms with Crippen LogP contribution in [0.4, 0.5) is 0 Å². The van der Waals surface area contributed by atoms with Crippen molar-refractivity contribution in [2.45, 2.75) is 38.1 Å². The van der Waals surface area contributed by atoms with Gasteiger partial charge in [-0.25, -0.2) is 4.98 Å². The van der Waals surface area contributed by atoms with Crippen LogP contribution >= 0.6 is 11.6 Å². The molecule has 1 amide bonds. The average molecular weight is 442 g/mol. The molecule has 0 saturated heterocycles. The number of benzene rings is 2. The van der Waals surface area contributed by atoms with Gasteiger partial charge in [0.05, 0.1) is 22.6 Å². The number of alkyl halides is 1. The van der Waals surface area contributed by atoms with Crippen molar-refractivity contribution in [3.05, 3.63) is 70.8 Å². The number of carbonyl (C=O) groups is 1. The van der Waals surface area contributed by atoms with Crippen molar-refractivity contribution in [2.24, 2.45) is 0 Å². The Balaban J connectivity index is 2.23. The Labute approximate surface area is 187 Å². The van der Waals surface area contributed by atoms with Gasteiger partial charge >= 0.3 is 0 Å². The minimum absolute atomic E-state index is 0.159. The van der Waals surface area contributed by atoms with Crippen molar-refractivity contribution >= 4 is 28.4 Å². The fraction of sp³-hybridized carbons (Fsp3) is 0.375. The van der Waals surface area contributed by atoms with E-state index in [-0.39, 0.29) is 11.5 Å². The highest BCUT2D eigenvalue weighted by atomic mass is 35.5. The SMILES string of the molecule is CCC(c1nc2ccccc2c(=O)n1-c1ccccc1)N(CCCOC)C(=O)C(C)Cl. The first-order chi connectivity index (χ1) is 15.0. The first-order valence-corrected chi connectivity index (χ1v) is 10.9. The maximum atomic E-state index is 13.5. The van der Waals surface area contributed by atoms with Crippen LogP contribution in [0.5, 0.6) is 0 Å². The van der Waals surface area contributed by atoms with E-state index in [0.717, 1.165) is 0 Å². The minimum atomic E-state index is -0.686. The number of hydrogen-bond donors (Lipinski definition) is 0. The molecule has 0 radical (unpaired) electrons. The Morgan fingerprint density at radius 1 is 1.16 bits per heavy atom. The molecule has 6 nitrogen and oxygen atoms in total. The second-order valence-electron chi connectivity index (χ2n) is 7.38. The van der Waals surface area contributed by atoms with Crippen molar-refractivity contribution in [1.29, 1.82) is 0 Å². The normalized spacial score (nSPS) is 13.2. The van der Waals surface area contributed by atoms with Gasteiger partial charge in [-0.1, -0.05) is 37.3 Å². The van der Waals surface area contributed by atoms with E-state index in [1.54, 1.807) is 29.6 Å². The van der Waals surface area contributed by atoms with Gasteiger partial charge in [0.15, 0.2) is 0 Å². The highest BCUT2D eigenvalue weighted by Gasteiger charge is 2.30. The first kappa shape index (κ1) is 23.0. The molecule has 0 fully saturated rings. The predicted molar refractivity (Wildman–Crippen MR) is 124 cm³/mol. The molecule has 0 N–H and O–H groups in total. The summed E-state index contributed by atoms with van der Waals surface area (Å²) in [6.07, 6.45) is 1.24. The van der Waals surface area contributed by atoms with E-state index in [0.29, 0.717) is 48.4 Å². The van der Waals surface area contributed by atoms with Crippen molar-refractivity contribution in [2.75, 3.05) is 20.3 Å². The molecule has 0 aliphatic rings. The summed E-state index contributed by atoms with van der Waals surface area (Å²) in [5.41, 5.74) is 1.16. The lowest BCUT2D eigenvalue weighted by Gasteiger charge is -2.33. The Hall–Kier alpha value is -2.70. The molecule has 3 aromatic rings. The van der Waals surface area contributed by atoms with Gasteiger partial charge < -0.3 is 9.64 Å². The Kier molecular flexibility index (Phi) is 7.82. The van der Waals surface area contributed by atoms with Gasteiger partial charge in [-0.2, -0.15) is 0 Å². The van der Waals surface area contributed by atoms with Crippen molar-refractivity contribution < 1.29 is 9.53 Å². The number of ether oxygens (including phenoxy) is 1. The van der Waals surface area contributed by atoms with Crippen LogP contribution < -0.4 is 5.56 Å². The maximum absolute atomic E-state index is 13.5. The standard InChI is InChI=1S/C24H28ClN3O3/c1-4-21(27(15-10-16-31-3)23(29)17(2)25)22-26-20-14-9-8-13-19(20)24(30)28(22)18-11-6-5-7-12-18/h5-9,11-14,17,21H,4,10,15-16H2,1-3H3. The quantitative estimate of drug-likeness (QED) is 0.366. The predicted octanol–water partition coefficient (Wildman–Crippen LogP) is 4.33. The molecule has 3 rings (SSSR count). The monoisotopic (exact) mass is 441 g/mol. The zero-order valence-electron chi connectivity index (χ0n) is 18.1. The van der Waals surface area contributed by atoms with Crippen LogP contribution in [-0.4, -0.2) is 46.0 Å². The molecule has 2 atom stereocenters. The van der Waals surface area contributed by atoms with Gasteiger partial charge in [-0.05, 0) is 44.0 Å². The Morgan fingerprint density at radius 3 is 2.48 bits per heavy atom. The van der Waals surface area contributed by atoms with Crippen LogP contribution in [0.3, 0.4) is 0 Å². The molecule has 31 heavy (non-hydrogen) atoms. The van der Waals surface area contributed by atoms with Gasteiger partial charge in [0.2, 0.25) is 5.91 Å². The van der Waals surface area contributed by atoms with E-state index >= 15 is 0 Å². The van der Waals surface area contributed by atoms with Gasteiger partial charge in [0, 0.05) is 20.3 Å². The molecular formula is C24H28ClN3O3. The summed E-state index contributed by atoms with van der Waals surface area (Å²) >= 11 is 6.20. The molecule has 7 heteroatoms. The zero-order valence-corrected chi connectivity index (χ0v) is 18.9. The lowest BCUT2D eigenvalue weighted by atomic mass is 10.1. The third-order valence-electron chi connectivity index (χ3n) is 5.25. The number of para-hydroxylation sites is 2. The van der Waals surface area contributed by atoms with Gasteiger partial charge in [0.1, 0.15) is 11.2 Å². The number of rotatable bonds is 9. The molecular weight excluding hydrogens is 414 g/mol. The summed E-state index contributed by atoms with van der Waals surface area (Å²) in [6.45, 7) is 4.63. The molecule has 0 saturated carbocycles. The van der Waals surface area contributed by atoms with Crippen molar-refractivity contribution in [3.63, 3.8) is 0 Å². The molecule has 0 spiro atoms. The Morgan fingerprint density at radius 2 is 1.84 bits per heavy atom. The topological polar surface area (TPSA) is 64.4 Å². The summed E-state index contributed by atoms with van der Waals surface area (Å²) in [4.78, 5) is 33.2. The summed E-state index contributed by atoms with van der Waals surface area (Å²) in [7, 11) is 1.63. The number of hydrogen-bond acceptors (Lipinski definition) is 4. The van der Waals surface area contributed by atoms with E-state index in [2.05, 4.69) is 0 Å². The van der Waals surface area contributed by atoms with Crippen LogP contribution in [0.25, 0.3) is 16.6 Å². The van der Waals surface area contributed by atoms with Crippen LogP contribution in [0.2, 0.25) is 0 Å². The molecule has 0 aliphatic carbocycles. The lowest BCUT2D eigenvalue weighted by molar-refractivity contribution is -0.133. The molecule has 0 bridgehead atoms. The third-order valence-corrected chi connectivity index (χ3v) is 5.43. The lowest BCUT2D eigenvalue weighted by Crippen LogP contribution is -2.42. The first-order valence-electron chi connectivity index (χ1n) is 10.5. The van der Waals surface area contributed by atoms with Crippen LogP contribution in [-0.2, 0) is 9.53 Å². The van der Waals surface area contributed by atoms with E-state index < -0.39 is 11.4 Å². The van der Waals surface area contributed by atoms with E-state index in [1.807, 2.05) is 55.5 Å². The van der Waals surface area contributed by atoms with Crippen LogP contribution in [0.15, 0.2) is 59.4 Å². The number of halogens is 1. The number of fused-ring (bicyclic) bond motifs is 1. The van der Waals surface area contributed by atoms with Crippen molar-refractivity contribution in [3.8, 4) is 5.69 Å². The van der Waals surface area contributed by atoms with Gasteiger partial charge in [-0.3, -0.25) is 14.2 Å². The maximum Gasteiger partial charge on any atom is 0.266 e. The zero-order chi connectivity index (χ0) is 22.4. The molecule has 0 aliphatic heterocycles. The molecule has 2 aromatic carbocycles. The summed E-state index contributed by atoms with van der Waals surface area (Å²) in [5.74, 6) is 0.340. The summed E-state index contributed by atoms with van der Waals surface area (Å²) in [6, 6.07) is 16.3. The van der Waals surface area contributed by atoms with Crippen molar-refractivity contribution in [1.82, 2.24) is 14.5 Å². The van der Waals surface area contributed by atoms with E-state index in [1.165, 1.54) is 0 Å². The van der Waals surface area contributed by atoms with E-state index in [9.17, 15) is 9.59 Å². The fourth-order valence-electron chi connectivity index (χ4n) is 3.77. The van der Waals surface area contributed by atoms with E-state index in [4.69, 9.17) is 21.3 Å². The van der Waals surface area contributed by atoms with Gasteiger partial charge in [0.25, 0.3) is 5.56 Å². The average Bonchev–Trinajstić information content (AvgIpc) is 2.79. The largest absolute Gasteiger partial charge is 0.385 e. The third kappa shape index (κ3) is 4.97. The summed E-state index contributed by atoms with van der Waals surface area (Å²) in [5, 5.41) is -0.151. The second kappa shape index (κ2) is 10.6. The van der Waals surface area contributed by atoms with Crippen LogP contribution in [0, 0.1) is 0 Å². The molecule has 1 heterocycles. The second-order valence-corrected chi connectivity index (χ2v) is 8.04. The fourth-order valence-corrected chi connectivity index (χ4v) is 3.90. The Bertz CT molecular complexity index is 1080. The number of aromatic nitrogens is 2. The number of methoxy groups -OCH3 is 1. The highest BCUT2D eigenvalue weighted by molar-refractivity contribution is 6.30. The molecule has 164 valence electrons. The summed E-state index contributed by atoms with van der Waals surface area (Å²) < 4.78 is 6.80. The minimum Gasteiger partial charge on any atom is -0.385 e. The van der Waals surface area contributed by atoms with Crippen LogP contribution in [0.1, 0.15) is 38.6 Å². The number of amides is 1. The number of nitrogens with zero attached hydrogens (tertiary/aromatic N) is 3. The number of carbonyl (C=O) groups excluding carboxylic acids is 1. The smallest absolute Gasteiger partial charge is 0.266 e. The highest BCUT2D eigenvalue weighted by Crippen LogP contribution is 2.27.